The Hall–Kier alpha value is -2.80. The number of ketones is 1. The molecule has 2 heterocycles. The first-order valence-electron chi connectivity index (χ1n) is 8.66. The van der Waals surface area contributed by atoms with Crippen LogP contribution in [0.1, 0.15) is 24.2 Å². The van der Waals surface area contributed by atoms with Crippen molar-refractivity contribution in [3.63, 3.8) is 0 Å². The summed E-state index contributed by atoms with van der Waals surface area (Å²) in [4.78, 5) is 17.2. The quantitative estimate of drug-likeness (QED) is 0.377. The van der Waals surface area contributed by atoms with Crippen molar-refractivity contribution in [2.24, 2.45) is 0 Å². The Morgan fingerprint density at radius 1 is 1.15 bits per heavy atom. The van der Waals surface area contributed by atoms with Crippen molar-refractivity contribution >= 4 is 39.6 Å². The topological polar surface area (TPSA) is 60.7 Å². The van der Waals surface area contributed by atoms with E-state index in [0.717, 1.165) is 28.6 Å². The standard InChI is InChI=1S/C20H17FN4OS/c1-3-25-16-7-5-4-6-15(16)17-19(25)22-20(24-23-17)27-12(2)18(26)13-8-10-14(21)11-9-13/h4-12H,3H2,1-2H3/t12-/m0/s1. The lowest BCUT2D eigenvalue weighted by Gasteiger charge is -2.09. The molecule has 0 saturated heterocycles. The molecule has 0 spiro atoms. The van der Waals surface area contributed by atoms with Crippen LogP contribution in [0, 0.1) is 5.82 Å². The first-order chi connectivity index (χ1) is 13.1. The summed E-state index contributed by atoms with van der Waals surface area (Å²) < 4.78 is 15.2. The first-order valence-corrected chi connectivity index (χ1v) is 9.54. The molecule has 0 N–H and O–H groups in total. The number of aryl methyl sites for hydroxylation is 1. The summed E-state index contributed by atoms with van der Waals surface area (Å²) in [6.45, 7) is 4.61. The highest BCUT2D eigenvalue weighted by Gasteiger charge is 2.20. The maximum atomic E-state index is 13.1. The van der Waals surface area contributed by atoms with Gasteiger partial charge in [-0.15, -0.1) is 10.2 Å². The molecule has 0 saturated carbocycles. The number of benzene rings is 2. The van der Waals surface area contributed by atoms with Crippen LogP contribution in [0.3, 0.4) is 0 Å². The number of nitrogens with zero attached hydrogens (tertiary/aromatic N) is 4. The molecule has 0 amide bonds. The lowest BCUT2D eigenvalue weighted by molar-refractivity contribution is 0.0994. The molecule has 4 aromatic rings. The Kier molecular flexibility index (Phi) is 4.61. The average Bonchev–Trinajstić information content (AvgIpc) is 3.01. The second-order valence-electron chi connectivity index (χ2n) is 6.16. The van der Waals surface area contributed by atoms with Gasteiger partial charge in [0.1, 0.15) is 11.3 Å². The SMILES string of the molecule is CCn1c2ccccc2c2nnc(S[C@@H](C)C(=O)c3ccc(F)cc3)nc21. The van der Waals surface area contributed by atoms with Crippen LogP contribution < -0.4 is 0 Å². The minimum atomic E-state index is -0.408. The first kappa shape index (κ1) is 17.6. The van der Waals surface area contributed by atoms with Crippen LogP contribution in [-0.4, -0.2) is 30.8 Å². The van der Waals surface area contributed by atoms with Gasteiger partial charge in [0.25, 0.3) is 0 Å². The molecule has 0 radical (unpaired) electrons. The summed E-state index contributed by atoms with van der Waals surface area (Å²) in [6, 6.07) is 13.6. The number of fused-ring (bicyclic) bond motifs is 3. The van der Waals surface area contributed by atoms with Crippen LogP contribution >= 0.6 is 11.8 Å². The summed E-state index contributed by atoms with van der Waals surface area (Å²) in [5.74, 6) is -0.461. The highest BCUT2D eigenvalue weighted by atomic mass is 32.2. The van der Waals surface area contributed by atoms with Crippen LogP contribution in [0.15, 0.2) is 53.7 Å². The summed E-state index contributed by atoms with van der Waals surface area (Å²) >= 11 is 1.25. The second kappa shape index (κ2) is 7.08. The van der Waals surface area contributed by atoms with Crippen molar-refractivity contribution in [1.82, 2.24) is 19.7 Å². The maximum absolute atomic E-state index is 13.1. The normalized spacial score (nSPS) is 12.6. The fourth-order valence-electron chi connectivity index (χ4n) is 3.12. The van der Waals surface area contributed by atoms with Gasteiger partial charge in [0.05, 0.1) is 10.8 Å². The molecule has 0 bridgehead atoms. The maximum Gasteiger partial charge on any atom is 0.211 e. The molecule has 7 heteroatoms. The number of hydrogen-bond donors (Lipinski definition) is 0. The van der Waals surface area contributed by atoms with E-state index < -0.39 is 5.25 Å². The largest absolute Gasteiger partial charge is 0.324 e. The number of rotatable bonds is 5. The van der Waals surface area contributed by atoms with Crippen molar-refractivity contribution in [3.8, 4) is 0 Å². The van der Waals surface area contributed by atoms with Gasteiger partial charge in [0.2, 0.25) is 5.16 Å². The smallest absolute Gasteiger partial charge is 0.211 e. The number of hydrogen-bond acceptors (Lipinski definition) is 5. The lowest BCUT2D eigenvalue weighted by atomic mass is 10.1. The fraction of sp³-hybridized carbons (Fsp3) is 0.200. The third-order valence-corrected chi connectivity index (χ3v) is 5.40. The highest BCUT2D eigenvalue weighted by molar-refractivity contribution is 8.00. The third kappa shape index (κ3) is 3.19. The number of carbonyl (C=O) groups is 1. The van der Waals surface area contributed by atoms with Crippen molar-refractivity contribution in [1.29, 1.82) is 0 Å². The van der Waals surface area contributed by atoms with Gasteiger partial charge in [-0.3, -0.25) is 4.79 Å². The monoisotopic (exact) mass is 380 g/mol. The Morgan fingerprint density at radius 2 is 1.89 bits per heavy atom. The van der Waals surface area contributed by atoms with Crippen LogP contribution in [0.4, 0.5) is 4.39 Å². The summed E-state index contributed by atoms with van der Waals surface area (Å²) in [5, 5.41) is 9.62. The van der Waals surface area contributed by atoms with E-state index in [1.807, 2.05) is 24.3 Å². The van der Waals surface area contributed by atoms with Crippen LogP contribution in [0.25, 0.3) is 22.1 Å². The summed E-state index contributed by atoms with van der Waals surface area (Å²) in [7, 11) is 0. The number of Topliss-reactive ketones (excluding diaryl/α,β-unsaturated/α-hetero) is 1. The molecule has 5 nitrogen and oxygen atoms in total. The zero-order chi connectivity index (χ0) is 19.0. The molecule has 4 rings (SSSR count). The molecule has 27 heavy (non-hydrogen) atoms. The van der Waals surface area contributed by atoms with Crippen LogP contribution in [0.2, 0.25) is 0 Å². The third-order valence-electron chi connectivity index (χ3n) is 4.45. The molecular formula is C20H17FN4OS. The van der Waals surface area contributed by atoms with E-state index in [9.17, 15) is 9.18 Å². The van der Waals surface area contributed by atoms with Gasteiger partial charge in [-0.2, -0.15) is 0 Å². The predicted octanol–water partition coefficient (Wildman–Crippen LogP) is 4.50. The molecule has 0 fully saturated rings. The molecule has 1 atom stereocenters. The summed E-state index contributed by atoms with van der Waals surface area (Å²) in [6.07, 6.45) is 0. The number of aromatic nitrogens is 4. The molecule has 2 aromatic heterocycles. The molecular weight excluding hydrogens is 363 g/mol. The van der Waals surface area contributed by atoms with Gasteiger partial charge in [-0.1, -0.05) is 30.0 Å². The van der Waals surface area contributed by atoms with E-state index >= 15 is 0 Å². The molecule has 0 aliphatic rings. The molecule has 0 aliphatic heterocycles. The molecule has 2 aromatic carbocycles. The number of halogens is 1. The predicted molar refractivity (Wildman–Crippen MR) is 105 cm³/mol. The average molecular weight is 380 g/mol. The van der Waals surface area contributed by atoms with E-state index in [2.05, 4.69) is 26.7 Å². The second-order valence-corrected chi connectivity index (χ2v) is 7.47. The molecule has 0 unspecified atom stereocenters. The van der Waals surface area contributed by atoms with E-state index in [-0.39, 0.29) is 11.6 Å². The van der Waals surface area contributed by atoms with Crippen molar-refractivity contribution in [3.05, 3.63) is 59.9 Å². The lowest BCUT2D eigenvalue weighted by Crippen LogP contribution is -2.14. The van der Waals surface area contributed by atoms with E-state index in [1.165, 1.54) is 36.0 Å². The van der Waals surface area contributed by atoms with Gasteiger partial charge in [-0.05, 0) is 44.2 Å². The number of carbonyl (C=O) groups excluding carboxylic acids is 1. The van der Waals surface area contributed by atoms with Crippen molar-refractivity contribution in [2.45, 2.75) is 30.8 Å². The van der Waals surface area contributed by atoms with E-state index in [4.69, 9.17) is 0 Å². The van der Waals surface area contributed by atoms with Gasteiger partial charge in [0.15, 0.2) is 11.4 Å². The number of para-hydroxylation sites is 1. The van der Waals surface area contributed by atoms with Crippen molar-refractivity contribution in [2.75, 3.05) is 0 Å². The number of thioether (sulfide) groups is 1. The highest BCUT2D eigenvalue weighted by Crippen LogP contribution is 2.28. The van der Waals surface area contributed by atoms with Crippen LogP contribution in [0.5, 0.6) is 0 Å². The minimum absolute atomic E-state index is 0.0975. The van der Waals surface area contributed by atoms with Gasteiger partial charge in [-0.25, -0.2) is 9.37 Å². The van der Waals surface area contributed by atoms with Crippen LogP contribution in [-0.2, 0) is 6.54 Å². The van der Waals surface area contributed by atoms with E-state index in [1.54, 1.807) is 6.92 Å². The van der Waals surface area contributed by atoms with Gasteiger partial charge >= 0.3 is 0 Å². The minimum Gasteiger partial charge on any atom is -0.324 e. The zero-order valence-corrected chi connectivity index (χ0v) is 15.7. The zero-order valence-electron chi connectivity index (χ0n) is 14.9. The van der Waals surface area contributed by atoms with Gasteiger partial charge in [0, 0.05) is 17.5 Å². The molecule has 136 valence electrons. The van der Waals surface area contributed by atoms with Crippen molar-refractivity contribution < 1.29 is 9.18 Å². The summed E-state index contributed by atoms with van der Waals surface area (Å²) in [5.41, 5.74) is 3.05. The Balaban J connectivity index is 1.67. The molecule has 0 aliphatic carbocycles. The van der Waals surface area contributed by atoms with E-state index in [0.29, 0.717) is 10.7 Å². The Bertz CT molecular complexity index is 1140. The Labute approximate surface area is 159 Å². The van der Waals surface area contributed by atoms with Gasteiger partial charge < -0.3 is 4.57 Å². The fourth-order valence-corrected chi connectivity index (χ4v) is 3.91. The Morgan fingerprint density at radius 3 is 2.63 bits per heavy atom.